The normalized spacial score (nSPS) is 11.8. The molecule has 0 fully saturated rings. The molecule has 4 rings (SSSR count). The number of aromatic nitrogens is 4. The van der Waals surface area contributed by atoms with E-state index in [1.165, 1.54) is 16.0 Å². The molecular weight excluding hydrogens is 394 g/mol. The first-order chi connectivity index (χ1) is 13.4. The van der Waals surface area contributed by atoms with Gasteiger partial charge in [0.2, 0.25) is 0 Å². The fraction of sp³-hybridized carbons (Fsp3) is 0.200. The number of nitrogens with zero attached hydrogens (tertiary/aromatic N) is 5. The van der Waals surface area contributed by atoms with E-state index in [-0.39, 0.29) is 5.56 Å². The van der Waals surface area contributed by atoms with Gasteiger partial charge in [-0.25, -0.2) is 9.67 Å². The lowest BCUT2D eigenvalue weighted by atomic mass is 10.1. The quantitative estimate of drug-likeness (QED) is 0.469. The van der Waals surface area contributed by atoms with Crippen molar-refractivity contribution in [2.45, 2.75) is 27.7 Å². The molecule has 0 amide bonds. The van der Waals surface area contributed by atoms with E-state index in [4.69, 9.17) is 11.6 Å². The molecule has 0 aliphatic carbocycles. The molecule has 0 bridgehead atoms. The van der Waals surface area contributed by atoms with Crippen LogP contribution < -0.4 is 5.56 Å². The van der Waals surface area contributed by atoms with Crippen LogP contribution in [-0.4, -0.2) is 25.7 Å². The standard InChI is InChI=1S/C20H18ClN5OS/c1-11-5-6-12(2)17(9-11)26-18(21)16(13(3)24-26)10-22-25-14(4)23-19-15(20(25)27)7-8-28-19/h5-10H,1-4H3. The number of hydrogen-bond acceptors (Lipinski definition) is 5. The first-order valence-electron chi connectivity index (χ1n) is 8.71. The van der Waals surface area contributed by atoms with Crippen molar-refractivity contribution in [3.63, 3.8) is 0 Å². The summed E-state index contributed by atoms with van der Waals surface area (Å²) in [5, 5.41) is 11.8. The van der Waals surface area contributed by atoms with Gasteiger partial charge in [0.1, 0.15) is 15.8 Å². The van der Waals surface area contributed by atoms with Crippen LogP contribution in [0.2, 0.25) is 5.15 Å². The largest absolute Gasteiger partial charge is 0.282 e. The molecule has 3 aromatic heterocycles. The number of aryl methyl sites for hydroxylation is 4. The summed E-state index contributed by atoms with van der Waals surface area (Å²) in [7, 11) is 0. The highest BCUT2D eigenvalue weighted by Crippen LogP contribution is 2.25. The molecule has 1 aromatic carbocycles. The number of benzene rings is 1. The van der Waals surface area contributed by atoms with Crippen LogP contribution in [0.25, 0.3) is 15.9 Å². The van der Waals surface area contributed by atoms with Crippen LogP contribution in [0.5, 0.6) is 0 Å². The highest BCUT2D eigenvalue weighted by molar-refractivity contribution is 7.16. The molecule has 0 atom stereocenters. The third-order valence-electron chi connectivity index (χ3n) is 4.58. The second-order valence-corrected chi connectivity index (χ2v) is 7.90. The highest BCUT2D eigenvalue weighted by Gasteiger charge is 2.15. The molecular formula is C20H18ClN5OS. The average molecular weight is 412 g/mol. The predicted molar refractivity (Wildman–Crippen MR) is 114 cm³/mol. The molecule has 4 aromatic rings. The van der Waals surface area contributed by atoms with Crippen LogP contribution in [0.15, 0.2) is 39.5 Å². The average Bonchev–Trinajstić information content (AvgIpc) is 3.22. The Hall–Kier alpha value is -2.77. The Labute approximate surface area is 170 Å². The van der Waals surface area contributed by atoms with Crippen LogP contribution >= 0.6 is 22.9 Å². The van der Waals surface area contributed by atoms with Gasteiger partial charge in [-0.3, -0.25) is 4.79 Å². The molecule has 0 radical (unpaired) electrons. The second-order valence-electron chi connectivity index (χ2n) is 6.65. The first kappa shape index (κ1) is 18.6. The van der Waals surface area contributed by atoms with Crippen molar-refractivity contribution in [1.29, 1.82) is 0 Å². The van der Waals surface area contributed by atoms with Gasteiger partial charge in [0.15, 0.2) is 0 Å². The summed E-state index contributed by atoms with van der Waals surface area (Å²) >= 11 is 8.06. The molecule has 6 nitrogen and oxygen atoms in total. The molecule has 0 aliphatic rings. The van der Waals surface area contributed by atoms with Crippen LogP contribution in [0.3, 0.4) is 0 Å². The molecule has 28 heavy (non-hydrogen) atoms. The summed E-state index contributed by atoms with van der Waals surface area (Å²) < 4.78 is 3.00. The van der Waals surface area contributed by atoms with Crippen molar-refractivity contribution in [2.75, 3.05) is 0 Å². The van der Waals surface area contributed by atoms with Crippen molar-refractivity contribution in [3.8, 4) is 5.69 Å². The molecule has 3 heterocycles. The zero-order chi connectivity index (χ0) is 20.0. The van der Waals surface area contributed by atoms with E-state index in [9.17, 15) is 4.79 Å². The zero-order valence-electron chi connectivity index (χ0n) is 15.9. The van der Waals surface area contributed by atoms with E-state index in [0.29, 0.717) is 26.8 Å². The lowest BCUT2D eigenvalue weighted by Gasteiger charge is -2.08. The molecule has 8 heteroatoms. The third-order valence-corrected chi connectivity index (χ3v) is 5.75. The van der Waals surface area contributed by atoms with Crippen LogP contribution in [0.1, 0.15) is 28.2 Å². The van der Waals surface area contributed by atoms with Crippen molar-refractivity contribution >= 4 is 39.4 Å². The maximum absolute atomic E-state index is 12.7. The summed E-state index contributed by atoms with van der Waals surface area (Å²) in [5.41, 5.74) is 4.30. The lowest BCUT2D eigenvalue weighted by molar-refractivity contribution is 0.772. The van der Waals surface area contributed by atoms with E-state index >= 15 is 0 Å². The second kappa shape index (κ2) is 7.00. The van der Waals surface area contributed by atoms with Crippen molar-refractivity contribution in [1.82, 2.24) is 19.4 Å². The maximum atomic E-state index is 12.7. The minimum absolute atomic E-state index is 0.198. The lowest BCUT2D eigenvalue weighted by Crippen LogP contribution is -2.19. The Morgan fingerprint density at radius 2 is 1.96 bits per heavy atom. The summed E-state index contributed by atoms with van der Waals surface area (Å²) in [5.74, 6) is 0.520. The van der Waals surface area contributed by atoms with Gasteiger partial charge in [-0.2, -0.15) is 14.9 Å². The molecule has 142 valence electrons. The van der Waals surface area contributed by atoms with E-state index in [1.54, 1.807) is 23.9 Å². The molecule has 0 N–H and O–H groups in total. The molecule has 0 saturated carbocycles. The van der Waals surface area contributed by atoms with Gasteiger partial charge < -0.3 is 0 Å². The fourth-order valence-electron chi connectivity index (χ4n) is 3.02. The molecule has 0 unspecified atom stereocenters. The summed E-state index contributed by atoms with van der Waals surface area (Å²) in [4.78, 5) is 17.8. The Morgan fingerprint density at radius 1 is 1.18 bits per heavy atom. The van der Waals surface area contributed by atoms with Crippen LogP contribution in [0, 0.1) is 27.7 Å². The first-order valence-corrected chi connectivity index (χ1v) is 9.96. The highest BCUT2D eigenvalue weighted by atomic mass is 35.5. The number of halogens is 1. The summed E-state index contributed by atoms with van der Waals surface area (Å²) in [6, 6.07) is 7.89. The van der Waals surface area contributed by atoms with Crippen LogP contribution in [-0.2, 0) is 0 Å². The Morgan fingerprint density at radius 3 is 2.75 bits per heavy atom. The van der Waals surface area contributed by atoms with Crippen molar-refractivity contribution < 1.29 is 0 Å². The van der Waals surface area contributed by atoms with E-state index in [1.807, 2.05) is 44.4 Å². The van der Waals surface area contributed by atoms with E-state index < -0.39 is 0 Å². The maximum Gasteiger partial charge on any atom is 0.282 e. The number of hydrogen-bond donors (Lipinski definition) is 0. The number of fused-ring (bicyclic) bond motifs is 1. The van der Waals surface area contributed by atoms with Gasteiger partial charge >= 0.3 is 0 Å². The molecule has 0 spiro atoms. The van der Waals surface area contributed by atoms with E-state index in [2.05, 4.69) is 15.2 Å². The summed E-state index contributed by atoms with van der Waals surface area (Å²) in [6.07, 6.45) is 1.57. The Kier molecular flexibility index (Phi) is 4.64. The van der Waals surface area contributed by atoms with Gasteiger partial charge in [-0.15, -0.1) is 11.3 Å². The number of thiophene rings is 1. The van der Waals surface area contributed by atoms with Crippen molar-refractivity contribution in [2.24, 2.45) is 5.10 Å². The van der Waals surface area contributed by atoms with Crippen molar-refractivity contribution in [3.05, 3.63) is 73.4 Å². The Balaban J connectivity index is 1.81. The molecule has 0 aliphatic heterocycles. The summed E-state index contributed by atoms with van der Waals surface area (Å²) in [6.45, 7) is 7.66. The Bertz CT molecular complexity index is 1300. The van der Waals surface area contributed by atoms with Gasteiger partial charge in [0.25, 0.3) is 5.56 Å². The minimum atomic E-state index is -0.198. The monoisotopic (exact) mass is 411 g/mol. The topological polar surface area (TPSA) is 65.1 Å². The SMILES string of the molecule is Cc1ccc(C)c(-n2nc(C)c(C=Nn3c(C)nc4sccc4c3=O)c2Cl)c1. The van der Waals surface area contributed by atoms with Gasteiger partial charge in [0, 0.05) is 0 Å². The van der Waals surface area contributed by atoms with Gasteiger partial charge in [0.05, 0.1) is 28.5 Å². The minimum Gasteiger partial charge on any atom is -0.267 e. The zero-order valence-corrected chi connectivity index (χ0v) is 17.5. The van der Waals surface area contributed by atoms with Gasteiger partial charge in [-0.1, -0.05) is 23.7 Å². The van der Waals surface area contributed by atoms with E-state index in [0.717, 1.165) is 22.5 Å². The number of rotatable bonds is 3. The fourth-order valence-corrected chi connectivity index (χ4v) is 4.14. The third kappa shape index (κ3) is 3.06. The smallest absolute Gasteiger partial charge is 0.267 e. The predicted octanol–water partition coefficient (Wildman–Crippen LogP) is 4.41. The van der Waals surface area contributed by atoms with Gasteiger partial charge in [-0.05, 0) is 56.3 Å². The molecule has 0 saturated heterocycles. The van der Waals surface area contributed by atoms with Crippen LogP contribution in [0.4, 0.5) is 0 Å².